The van der Waals surface area contributed by atoms with E-state index in [0.717, 1.165) is 5.56 Å². The summed E-state index contributed by atoms with van der Waals surface area (Å²) in [6.07, 6.45) is 3.32. The molecule has 0 unspecified atom stereocenters. The van der Waals surface area contributed by atoms with Crippen molar-refractivity contribution in [2.24, 2.45) is 5.73 Å². The summed E-state index contributed by atoms with van der Waals surface area (Å²) in [7, 11) is 0. The molecule has 0 amide bonds. The lowest BCUT2D eigenvalue weighted by Crippen LogP contribution is -1.97. The van der Waals surface area contributed by atoms with Crippen molar-refractivity contribution in [3.63, 3.8) is 0 Å². The van der Waals surface area contributed by atoms with Crippen LogP contribution in [0.2, 0.25) is 5.02 Å². The first-order valence-corrected chi connectivity index (χ1v) is 6.94. The van der Waals surface area contributed by atoms with E-state index in [0.29, 0.717) is 16.8 Å². The van der Waals surface area contributed by atoms with E-state index in [1.54, 1.807) is 23.1 Å². The molecule has 0 saturated carbocycles. The standard InChI is InChI=1S/C16H12ClF2N3/c17-15-6-14(1-2-16(15)19)22-9-12(8-21-22)11-3-10(7-20)4-13(18)5-11/h1-6,8-9H,7,20H2. The molecule has 3 rings (SSSR count). The van der Waals surface area contributed by atoms with Crippen LogP contribution in [0.15, 0.2) is 48.8 Å². The molecular formula is C16H12ClF2N3. The summed E-state index contributed by atoms with van der Waals surface area (Å²) in [5, 5.41) is 4.22. The van der Waals surface area contributed by atoms with Crippen molar-refractivity contribution < 1.29 is 8.78 Å². The van der Waals surface area contributed by atoms with Gasteiger partial charge in [-0.15, -0.1) is 0 Å². The quantitative estimate of drug-likeness (QED) is 0.795. The Morgan fingerprint density at radius 1 is 1.09 bits per heavy atom. The summed E-state index contributed by atoms with van der Waals surface area (Å²) >= 11 is 5.77. The zero-order valence-corrected chi connectivity index (χ0v) is 12.2. The number of aromatic nitrogens is 2. The smallest absolute Gasteiger partial charge is 0.141 e. The van der Waals surface area contributed by atoms with Crippen molar-refractivity contribution in [1.29, 1.82) is 0 Å². The van der Waals surface area contributed by atoms with Crippen molar-refractivity contribution in [1.82, 2.24) is 9.78 Å². The normalized spacial score (nSPS) is 10.9. The van der Waals surface area contributed by atoms with E-state index < -0.39 is 5.82 Å². The predicted octanol–water partition coefficient (Wildman–Crippen LogP) is 3.93. The van der Waals surface area contributed by atoms with E-state index in [9.17, 15) is 8.78 Å². The van der Waals surface area contributed by atoms with Gasteiger partial charge in [0.1, 0.15) is 11.6 Å². The average molecular weight is 320 g/mol. The van der Waals surface area contributed by atoms with Gasteiger partial charge in [0.05, 0.1) is 16.9 Å². The van der Waals surface area contributed by atoms with Gasteiger partial charge in [0.15, 0.2) is 0 Å². The maximum Gasteiger partial charge on any atom is 0.141 e. The number of hydrogen-bond donors (Lipinski definition) is 1. The lowest BCUT2D eigenvalue weighted by molar-refractivity contribution is 0.626. The number of nitrogens with zero attached hydrogens (tertiary/aromatic N) is 2. The topological polar surface area (TPSA) is 43.8 Å². The number of rotatable bonds is 3. The highest BCUT2D eigenvalue weighted by Crippen LogP contribution is 2.24. The molecular weight excluding hydrogens is 308 g/mol. The van der Waals surface area contributed by atoms with E-state index in [2.05, 4.69) is 5.10 Å². The maximum absolute atomic E-state index is 13.6. The minimum absolute atomic E-state index is 0.0192. The molecule has 0 atom stereocenters. The van der Waals surface area contributed by atoms with Crippen LogP contribution in [0, 0.1) is 11.6 Å². The second-order valence-electron chi connectivity index (χ2n) is 4.82. The van der Waals surface area contributed by atoms with Gasteiger partial charge in [-0.25, -0.2) is 13.5 Å². The van der Waals surface area contributed by atoms with Gasteiger partial charge < -0.3 is 5.73 Å². The fraction of sp³-hybridized carbons (Fsp3) is 0.0625. The van der Waals surface area contributed by atoms with Crippen LogP contribution in [0.25, 0.3) is 16.8 Å². The van der Waals surface area contributed by atoms with Crippen LogP contribution < -0.4 is 5.73 Å². The number of nitrogens with two attached hydrogens (primary N) is 1. The van der Waals surface area contributed by atoms with Gasteiger partial charge >= 0.3 is 0 Å². The van der Waals surface area contributed by atoms with Gasteiger partial charge in [-0.1, -0.05) is 11.6 Å². The van der Waals surface area contributed by atoms with Crippen LogP contribution >= 0.6 is 11.6 Å². The molecule has 0 fully saturated rings. The monoisotopic (exact) mass is 319 g/mol. The third kappa shape index (κ3) is 2.86. The summed E-state index contributed by atoms with van der Waals surface area (Å²) in [6, 6.07) is 8.93. The van der Waals surface area contributed by atoms with E-state index in [1.807, 2.05) is 6.07 Å². The Bertz CT molecular complexity index is 830. The first-order valence-electron chi connectivity index (χ1n) is 6.57. The first kappa shape index (κ1) is 14.7. The Morgan fingerprint density at radius 2 is 1.91 bits per heavy atom. The van der Waals surface area contributed by atoms with Crippen molar-refractivity contribution in [3.8, 4) is 16.8 Å². The van der Waals surface area contributed by atoms with Crippen LogP contribution in [-0.2, 0) is 6.54 Å². The summed E-state index contributed by atoms with van der Waals surface area (Å²) in [4.78, 5) is 0. The SMILES string of the molecule is NCc1cc(F)cc(-c2cnn(-c3ccc(F)c(Cl)c3)c2)c1. The minimum atomic E-state index is -0.490. The zero-order valence-electron chi connectivity index (χ0n) is 11.4. The lowest BCUT2D eigenvalue weighted by Gasteiger charge is -2.03. The largest absolute Gasteiger partial charge is 0.326 e. The highest BCUT2D eigenvalue weighted by molar-refractivity contribution is 6.30. The van der Waals surface area contributed by atoms with Gasteiger partial charge in [-0.05, 0) is 47.5 Å². The van der Waals surface area contributed by atoms with Gasteiger partial charge in [-0.2, -0.15) is 5.10 Å². The highest BCUT2D eigenvalue weighted by Gasteiger charge is 2.08. The van der Waals surface area contributed by atoms with Crippen LogP contribution in [0.1, 0.15) is 5.56 Å². The van der Waals surface area contributed by atoms with Crippen molar-refractivity contribution in [2.45, 2.75) is 6.54 Å². The van der Waals surface area contributed by atoms with E-state index in [1.165, 1.54) is 24.3 Å². The Hall–Kier alpha value is -2.24. The fourth-order valence-electron chi connectivity index (χ4n) is 2.18. The molecule has 0 bridgehead atoms. The second-order valence-corrected chi connectivity index (χ2v) is 5.23. The Labute approximate surface area is 130 Å². The van der Waals surface area contributed by atoms with Crippen LogP contribution in [0.4, 0.5) is 8.78 Å². The lowest BCUT2D eigenvalue weighted by atomic mass is 10.1. The Morgan fingerprint density at radius 3 is 2.64 bits per heavy atom. The molecule has 0 aliphatic carbocycles. The maximum atomic E-state index is 13.6. The van der Waals surface area contributed by atoms with Crippen LogP contribution in [0.3, 0.4) is 0 Å². The van der Waals surface area contributed by atoms with E-state index in [4.69, 9.17) is 17.3 Å². The molecule has 0 saturated heterocycles. The molecule has 6 heteroatoms. The van der Waals surface area contributed by atoms with Crippen molar-refractivity contribution in [2.75, 3.05) is 0 Å². The molecule has 2 N–H and O–H groups in total. The van der Waals surface area contributed by atoms with E-state index >= 15 is 0 Å². The molecule has 1 aromatic heterocycles. The van der Waals surface area contributed by atoms with Crippen molar-refractivity contribution in [3.05, 3.63) is 71.0 Å². The molecule has 0 radical (unpaired) electrons. The number of benzene rings is 2. The third-order valence-corrected chi connectivity index (χ3v) is 3.57. The Kier molecular flexibility index (Phi) is 3.92. The van der Waals surface area contributed by atoms with Gasteiger partial charge in [-0.3, -0.25) is 0 Å². The third-order valence-electron chi connectivity index (χ3n) is 3.28. The molecule has 3 nitrogen and oxygen atoms in total. The summed E-state index contributed by atoms with van der Waals surface area (Å²) in [5.74, 6) is -0.842. The van der Waals surface area contributed by atoms with Gasteiger partial charge in [0.25, 0.3) is 0 Å². The van der Waals surface area contributed by atoms with Gasteiger partial charge in [0, 0.05) is 18.3 Å². The summed E-state index contributed by atoms with van der Waals surface area (Å²) < 4.78 is 28.3. The Balaban J connectivity index is 2.00. The molecule has 0 aliphatic rings. The van der Waals surface area contributed by atoms with E-state index in [-0.39, 0.29) is 17.4 Å². The molecule has 0 spiro atoms. The van der Waals surface area contributed by atoms with Crippen molar-refractivity contribution >= 4 is 11.6 Å². The molecule has 22 heavy (non-hydrogen) atoms. The summed E-state index contributed by atoms with van der Waals surface area (Å²) in [5.41, 5.74) is 8.29. The first-order chi connectivity index (χ1) is 10.6. The molecule has 2 aromatic carbocycles. The molecule has 1 heterocycles. The zero-order chi connectivity index (χ0) is 15.7. The summed E-state index contributed by atoms with van der Waals surface area (Å²) in [6.45, 7) is 0.256. The average Bonchev–Trinajstić information content (AvgIpc) is 2.99. The number of halogens is 3. The molecule has 112 valence electrons. The molecule has 0 aliphatic heterocycles. The van der Waals surface area contributed by atoms with Crippen LogP contribution in [0.5, 0.6) is 0 Å². The predicted molar refractivity (Wildman–Crippen MR) is 81.8 cm³/mol. The second kappa shape index (κ2) is 5.87. The minimum Gasteiger partial charge on any atom is -0.326 e. The number of hydrogen-bond acceptors (Lipinski definition) is 2. The van der Waals surface area contributed by atoms with Crippen LogP contribution in [-0.4, -0.2) is 9.78 Å². The fourth-order valence-corrected chi connectivity index (χ4v) is 2.35. The van der Waals surface area contributed by atoms with Gasteiger partial charge in [0.2, 0.25) is 0 Å². The molecule has 3 aromatic rings. The highest BCUT2D eigenvalue weighted by atomic mass is 35.5.